The fraction of sp³-hybridized carbons (Fsp3) is 0.889. The van der Waals surface area contributed by atoms with Crippen LogP contribution in [0.2, 0.25) is 0 Å². The van der Waals surface area contributed by atoms with Gasteiger partial charge in [-0.1, -0.05) is 6.92 Å². The van der Waals surface area contributed by atoms with Crippen molar-refractivity contribution in [1.82, 2.24) is 10.2 Å². The van der Waals surface area contributed by atoms with Crippen molar-refractivity contribution in [3.05, 3.63) is 0 Å². The van der Waals surface area contributed by atoms with Gasteiger partial charge in [-0.05, 0) is 19.7 Å². The first-order valence-electron chi connectivity index (χ1n) is 4.64. The number of likely N-dealkylation sites (N-methyl/N-ethyl adjacent to an activating group) is 1. The van der Waals surface area contributed by atoms with Crippen LogP contribution in [0.5, 0.6) is 0 Å². The highest BCUT2D eigenvalue weighted by Gasteiger charge is 2.04. The van der Waals surface area contributed by atoms with Crippen LogP contribution in [-0.4, -0.2) is 49.5 Å². The summed E-state index contributed by atoms with van der Waals surface area (Å²) in [6.45, 7) is 4.33. The molecule has 78 valence electrons. The minimum atomic E-state index is 0.130. The molecule has 1 N–H and O–H groups in total. The first-order valence-corrected chi connectivity index (χ1v) is 6.04. The summed E-state index contributed by atoms with van der Waals surface area (Å²) in [6, 6.07) is 0. The molecule has 0 aromatic rings. The number of hydrogen-bond acceptors (Lipinski definition) is 3. The van der Waals surface area contributed by atoms with Crippen LogP contribution in [0.1, 0.15) is 13.3 Å². The Morgan fingerprint density at radius 1 is 1.54 bits per heavy atom. The maximum absolute atomic E-state index is 11.2. The maximum atomic E-state index is 11.2. The molecular weight excluding hydrogens is 184 g/mol. The number of amides is 1. The van der Waals surface area contributed by atoms with E-state index in [1.54, 1.807) is 11.8 Å². The molecule has 0 aliphatic rings. The molecule has 0 aliphatic heterocycles. The number of nitrogens with one attached hydrogen (secondary N) is 1. The lowest BCUT2D eigenvalue weighted by molar-refractivity contribution is -0.121. The smallest absolute Gasteiger partial charge is 0.234 e. The molecule has 0 saturated carbocycles. The van der Waals surface area contributed by atoms with Crippen molar-refractivity contribution >= 4 is 17.7 Å². The molecule has 0 spiro atoms. The second-order valence-electron chi connectivity index (χ2n) is 3.08. The lowest BCUT2D eigenvalue weighted by Crippen LogP contribution is -2.36. The molecule has 0 saturated heterocycles. The van der Waals surface area contributed by atoms with Gasteiger partial charge in [0.15, 0.2) is 0 Å². The average Bonchev–Trinajstić information content (AvgIpc) is 2.11. The summed E-state index contributed by atoms with van der Waals surface area (Å²) in [5.41, 5.74) is 0. The summed E-state index contributed by atoms with van der Waals surface area (Å²) in [4.78, 5) is 13.3. The number of carbonyl (C=O) groups excluding carboxylic acids is 1. The van der Waals surface area contributed by atoms with E-state index in [9.17, 15) is 4.79 Å². The van der Waals surface area contributed by atoms with Crippen molar-refractivity contribution in [3.8, 4) is 0 Å². The van der Waals surface area contributed by atoms with Crippen molar-refractivity contribution in [2.75, 3.05) is 38.7 Å². The van der Waals surface area contributed by atoms with Crippen LogP contribution in [-0.2, 0) is 4.79 Å². The van der Waals surface area contributed by atoms with Gasteiger partial charge in [-0.2, -0.15) is 11.8 Å². The maximum Gasteiger partial charge on any atom is 0.234 e. The molecule has 0 aliphatic carbocycles. The third-order valence-corrected chi connectivity index (χ3v) is 2.25. The largest absolute Gasteiger partial charge is 0.355 e. The predicted octanol–water partition coefficient (Wildman–Crippen LogP) is 0.807. The molecule has 0 radical (unpaired) electrons. The summed E-state index contributed by atoms with van der Waals surface area (Å²) in [5, 5.41) is 2.85. The van der Waals surface area contributed by atoms with Gasteiger partial charge in [-0.15, -0.1) is 0 Å². The standard InChI is InChI=1S/C9H20N2OS/c1-4-5-10-9(12)8-11(2)6-7-13-3/h4-8H2,1-3H3,(H,10,12). The molecule has 0 bridgehead atoms. The summed E-state index contributed by atoms with van der Waals surface area (Å²) >= 11 is 1.80. The van der Waals surface area contributed by atoms with E-state index >= 15 is 0 Å². The molecule has 0 aromatic carbocycles. The third-order valence-electron chi connectivity index (χ3n) is 1.66. The van der Waals surface area contributed by atoms with Gasteiger partial charge in [-0.25, -0.2) is 0 Å². The van der Waals surface area contributed by atoms with E-state index in [1.807, 2.05) is 11.9 Å². The Hall–Kier alpha value is -0.220. The topological polar surface area (TPSA) is 32.3 Å². The summed E-state index contributed by atoms with van der Waals surface area (Å²) in [6.07, 6.45) is 3.07. The van der Waals surface area contributed by atoms with Crippen LogP contribution in [0.25, 0.3) is 0 Å². The second kappa shape index (κ2) is 8.38. The van der Waals surface area contributed by atoms with Gasteiger partial charge < -0.3 is 5.32 Å². The molecular formula is C9H20N2OS. The quantitative estimate of drug-likeness (QED) is 0.666. The molecule has 1 amide bonds. The second-order valence-corrected chi connectivity index (χ2v) is 4.07. The van der Waals surface area contributed by atoms with E-state index in [4.69, 9.17) is 0 Å². The van der Waals surface area contributed by atoms with Crippen molar-refractivity contribution in [2.24, 2.45) is 0 Å². The van der Waals surface area contributed by atoms with Crippen LogP contribution in [0.4, 0.5) is 0 Å². The van der Waals surface area contributed by atoms with Gasteiger partial charge in [-0.3, -0.25) is 9.69 Å². The fourth-order valence-electron chi connectivity index (χ4n) is 0.892. The number of nitrogens with zero attached hydrogens (tertiary/aromatic N) is 1. The normalized spacial score (nSPS) is 10.5. The fourth-order valence-corrected chi connectivity index (χ4v) is 1.39. The minimum Gasteiger partial charge on any atom is -0.355 e. The van der Waals surface area contributed by atoms with Crippen LogP contribution < -0.4 is 5.32 Å². The summed E-state index contributed by atoms with van der Waals surface area (Å²) in [7, 11) is 1.97. The Bertz CT molecular complexity index is 142. The minimum absolute atomic E-state index is 0.130. The van der Waals surface area contributed by atoms with E-state index in [0.717, 1.165) is 25.3 Å². The Labute approximate surface area is 85.3 Å². The predicted molar refractivity (Wildman–Crippen MR) is 59.2 cm³/mol. The SMILES string of the molecule is CCCNC(=O)CN(C)CCSC. The highest BCUT2D eigenvalue weighted by Crippen LogP contribution is 1.92. The van der Waals surface area contributed by atoms with Crippen molar-refractivity contribution in [2.45, 2.75) is 13.3 Å². The van der Waals surface area contributed by atoms with Gasteiger partial charge in [0.1, 0.15) is 0 Å². The van der Waals surface area contributed by atoms with Crippen molar-refractivity contribution < 1.29 is 4.79 Å². The molecule has 0 heterocycles. The summed E-state index contributed by atoms with van der Waals surface area (Å²) < 4.78 is 0. The monoisotopic (exact) mass is 204 g/mol. The summed E-state index contributed by atoms with van der Waals surface area (Å²) in [5.74, 6) is 1.21. The zero-order chi connectivity index (χ0) is 10.1. The lowest BCUT2D eigenvalue weighted by atomic mass is 10.4. The van der Waals surface area contributed by atoms with E-state index in [1.165, 1.54) is 0 Å². The van der Waals surface area contributed by atoms with Crippen LogP contribution in [0, 0.1) is 0 Å². The van der Waals surface area contributed by atoms with Crippen LogP contribution >= 0.6 is 11.8 Å². The van der Waals surface area contributed by atoms with E-state index in [2.05, 4.69) is 18.5 Å². The molecule has 13 heavy (non-hydrogen) atoms. The third kappa shape index (κ3) is 8.12. The van der Waals surface area contributed by atoms with Gasteiger partial charge in [0.2, 0.25) is 5.91 Å². The van der Waals surface area contributed by atoms with E-state index in [-0.39, 0.29) is 5.91 Å². The van der Waals surface area contributed by atoms with E-state index in [0.29, 0.717) is 6.54 Å². The highest BCUT2D eigenvalue weighted by molar-refractivity contribution is 7.98. The van der Waals surface area contributed by atoms with Gasteiger partial charge >= 0.3 is 0 Å². The van der Waals surface area contributed by atoms with Gasteiger partial charge in [0.05, 0.1) is 6.54 Å². The zero-order valence-electron chi connectivity index (χ0n) is 8.80. The first-order chi connectivity index (χ1) is 6.20. The Morgan fingerprint density at radius 3 is 2.77 bits per heavy atom. The number of hydrogen-bond donors (Lipinski definition) is 1. The molecule has 0 unspecified atom stereocenters. The van der Waals surface area contributed by atoms with Gasteiger partial charge in [0, 0.05) is 18.8 Å². The zero-order valence-corrected chi connectivity index (χ0v) is 9.62. The molecule has 0 aromatic heterocycles. The Morgan fingerprint density at radius 2 is 2.23 bits per heavy atom. The average molecular weight is 204 g/mol. The van der Waals surface area contributed by atoms with E-state index < -0.39 is 0 Å². The molecule has 0 atom stereocenters. The van der Waals surface area contributed by atoms with Crippen molar-refractivity contribution in [1.29, 1.82) is 0 Å². The Balaban J connectivity index is 3.41. The van der Waals surface area contributed by atoms with Crippen LogP contribution in [0.15, 0.2) is 0 Å². The number of rotatable bonds is 7. The molecule has 4 heteroatoms. The Kier molecular flexibility index (Phi) is 8.24. The molecule has 0 rings (SSSR count). The first kappa shape index (κ1) is 12.8. The number of thioether (sulfide) groups is 1. The van der Waals surface area contributed by atoms with Gasteiger partial charge in [0.25, 0.3) is 0 Å². The highest BCUT2D eigenvalue weighted by atomic mass is 32.2. The van der Waals surface area contributed by atoms with Crippen molar-refractivity contribution in [3.63, 3.8) is 0 Å². The molecule has 0 fully saturated rings. The van der Waals surface area contributed by atoms with Crippen LogP contribution in [0.3, 0.4) is 0 Å². The number of carbonyl (C=O) groups is 1. The molecule has 3 nitrogen and oxygen atoms in total. The lowest BCUT2D eigenvalue weighted by Gasteiger charge is -2.14.